The third-order valence-corrected chi connectivity index (χ3v) is 5.68. The maximum absolute atomic E-state index is 12.6. The lowest BCUT2D eigenvalue weighted by molar-refractivity contribution is 0.190. The van der Waals surface area contributed by atoms with Crippen molar-refractivity contribution in [2.75, 3.05) is 11.2 Å². The minimum Gasteiger partial charge on any atom is -0.294 e. The van der Waals surface area contributed by atoms with E-state index < -0.39 is 6.87 Å². The highest BCUT2D eigenvalue weighted by Crippen LogP contribution is 2.63. The van der Waals surface area contributed by atoms with Crippen LogP contribution in [-0.4, -0.2) is 6.54 Å². The molecule has 0 aromatic heterocycles. The molecule has 0 amide bonds. The molecular weight excluding hydrogens is 293 g/mol. The summed E-state index contributed by atoms with van der Waals surface area (Å²) >= 11 is 6.18. The molecule has 1 saturated heterocycles. The van der Waals surface area contributed by atoms with E-state index in [1.807, 2.05) is 60.7 Å². The van der Waals surface area contributed by atoms with E-state index in [1.165, 1.54) is 0 Å². The molecule has 3 nitrogen and oxygen atoms in total. The summed E-state index contributed by atoms with van der Waals surface area (Å²) in [6.07, 6.45) is 0.551. The molecular formula is C15H15ClNO2P. The SMILES string of the molecule is O=P1(Cl)OC(c2ccccc2)CCN1c1ccccc1. The second kappa shape index (κ2) is 5.61. The average molecular weight is 308 g/mol. The lowest BCUT2D eigenvalue weighted by Gasteiger charge is -2.36. The Labute approximate surface area is 123 Å². The Balaban J connectivity index is 1.83. The van der Waals surface area contributed by atoms with Gasteiger partial charge < -0.3 is 0 Å². The lowest BCUT2D eigenvalue weighted by Crippen LogP contribution is -2.28. The van der Waals surface area contributed by atoms with Crippen LogP contribution in [0.3, 0.4) is 0 Å². The largest absolute Gasteiger partial charge is 0.388 e. The first-order valence-corrected chi connectivity index (χ1v) is 9.01. The molecule has 2 unspecified atom stereocenters. The van der Waals surface area contributed by atoms with Crippen LogP contribution in [0, 0.1) is 0 Å². The van der Waals surface area contributed by atoms with Crippen molar-refractivity contribution in [3.05, 3.63) is 66.2 Å². The fourth-order valence-electron chi connectivity index (χ4n) is 2.39. The molecule has 3 rings (SSSR count). The van der Waals surface area contributed by atoms with Crippen LogP contribution in [0.25, 0.3) is 0 Å². The molecule has 104 valence electrons. The van der Waals surface area contributed by atoms with E-state index >= 15 is 0 Å². The van der Waals surface area contributed by atoms with Crippen molar-refractivity contribution in [2.45, 2.75) is 12.5 Å². The summed E-state index contributed by atoms with van der Waals surface area (Å²) in [5.41, 5.74) is 1.85. The predicted molar refractivity (Wildman–Crippen MR) is 82.1 cm³/mol. The van der Waals surface area contributed by atoms with E-state index in [9.17, 15) is 4.57 Å². The molecule has 1 aliphatic rings. The van der Waals surface area contributed by atoms with E-state index in [-0.39, 0.29) is 6.10 Å². The smallest absolute Gasteiger partial charge is 0.294 e. The van der Waals surface area contributed by atoms with Gasteiger partial charge in [0.1, 0.15) is 0 Å². The summed E-state index contributed by atoms with van der Waals surface area (Å²) in [5, 5.41) is 0. The number of anilines is 1. The fraction of sp³-hybridized carbons (Fsp3) is 0.200. The highest BCUT2D eigenvalue weighted by molar-refractivity contribution is 7.86. The first-order chi connectivity index (χ1) is 9.67. The Morgan fingerprint density at radius 1 is 1.05 bits per heavy atom. The Morgan fingerprint density at radius 3 is 2.25 bits per heavy atom. The van der Waals surface area contributed by atoms with Crippen LogP contribution in [0.2, 0.25) is 0 Å². The monoisotopic (exact) mass is 307 g/mol. The molecule has 0 saturated carbocycles. The number of rotatable bonds is 2. The van der Waals surface area contributed by atoms with Crippen LogP contribution in [0.5, 0.6) is 0 Å². The van der Waals surface area contributed by atoms with E-state index in [0.717, 1.165) is 17.7 Å². The molecule has 0 aliphatic carbocycles. The average Bonchev–Trinajstić information content (AvgIpc) is 2.48. The van der Waals surface area contributed by atoms with Crippen molar-refractivity contribution in [3.8, 4) is 0 Å². The van der Waals surface area contributed by atoms with Crippen LogP contribution < -0.4 is 4.67 Å². The van der Waals surface area contributed by atoms with Gasteiger partial charge in [-0.25, -0.2) is 4.57 Å². The summed E-state index contributed by atoms with van der Waals surface area (Å²) in [6, 6.07) is 19.3. The van der Waals surface area contributed by atoms with Crippen LogP contribution in [0.4, 0.5) is 5.69 Å². The highest BCUT2D eigenvalue weighted by Gasteiger charge is 2.38. The van der Waals surface area contributed by atoms with Crippen LogP contribution in [-0.2, 0) is 9.09 Å². The zero-order chi connectivity index (χ0) is 14.0. The third kappa shape index (κ3) is 2.76. The van der Waals surface area contributed by atoms with Gasteiger partial charge >= 0.3 is 6.87 Å². The van der Waals surface area contributed by atoms with Gasteiger partial charge in [-0.15, -0.1) is 0 Å². The molecule has 0 spiro atoms. The highest BCUT2D eigenvalue weighted by atomic mass is 35.7. The van der Waals surface area contributed by atoms with E-state index in [0.29, 0.717) is 6.54 Å². The zero-order valence-electron chi connectivity index (χ0n) is 10.9. The number of hydrogen-bond donors (Lipinski definition) is 0. The van der Waals surface area contributed by atoms with Crippen molar-refractivity contribution in [1.82, 2.24) is 0 Å². The second-order valence-corrected chi connectivity index (χ2v) is 7.58. The minimum atomic E-state index is -3.33. The van der Waals surface area contributed by atoms with Gasteiger partial charge in [-0.1, -0.05) is 48.5 Å². The van der Waals surface area contributed by atoms with Crippen LogP contribution in [0.1, 0.15) is 18.1 Å². The van der Waals surface area contributed by atoms with Crippen molar-refractivity contribution < 1.29 is 9.09 Å². The first kappa shape index (κ1) is 13.7. The molecule has 1 heterocycles. The minimum absolute atomic E-state index is 0.209. The quantitative estimate of drug-likeness (QED) is 0.731. The Hall–Kier alpha value is -1.28. The van der Waals surface area contributed by atoms with E-state index in [4.69, 9.17) is 15.8 Å². The van der Waals surface area contributed by atoms with Gasteiger partial charge in [0, 0.05) is 12.2 Å². The van der Waals surface area contributed by atoms with Crippen molar-refractivity contribution in [2.24, 2.45) is 0 Å². The number of nitrogens with zero attached hydrogens (tertiary/aromatic N) is 1. The number of benzene rings is 2. The van der Waals surface area contributed by atoms with Crippen molar-refractivity contribution in [1.29, 1.82) is 0 Å². The second-order valence-electron chi connectivity index (χ2n) is 4.70. The van der Waals surface area contributed by atoms with Gasteiger partial charge in [-0.3, -0.25) is 9.19 Å². The molecule has 1 fully saturated rings. The number of hydrogen-bond acceptors (Lipinski definition) is 2. The van der Waals surface area contributed by atoms with Gasteiger partial charge in [-0.2, -0.15) is 0 Å². The number of para-hydroxylation sites is 1. The maximum atomic E-state index is 12.6. The fourth-order valence-corrected chi connectivity index (χ4v) is 4.58. The molecule has 0 bridgehead atoms. The molecule has 20 heavy (non-hydrogen) atoms. The summed E-state index contributed by atoms with van der Waals surface area (Å²) in [7, 11) is 0. The first-order valence-electron chi connectivity index (χ1n) is 6.53. The predicted octanol–water partition coefficient (Wildman–Crippen LogP) is 5.00. The topological polar surface area (TPSA) is 29.5 Å². The Morgan fingerprint density at radius 2 is 1.65 bits per heavy atom. The van der Waals surface area contributed by atoms with E-state index in [2.05, 4.69) is 0 Å². The van der Waals surface area contributed by atoms with Crippen molar-refractivity contribution in [3.63, 3.8) is 0 Å². The van der Waals surface area contributed by atoms with Gasteiger partial charge in [-0.05, 0) is 35.4 Å². The van der Waals surface area contributed by atoms with E-state index in [1.54, 1.807) is 4.67 Å². The van der Waals surface area contributed by atoms with Crippen LogP contribution in [0.15, 0.2) is 60.7 Å². The lowest BCUT2D eigenvalue weighted by atomic mass is 10.1. The summed E-state index contributed by atoms with van der Waals surface area (Å²) in [4.78, 5) is 0. The maximum Gasteiger partial charge on any atom is 0.388 e. The molecule has 2 atom stereocenters. The summed E-state index contributed by atoms with van der Waals surface area (Å²) < 4.78 is 20.0. The zero-order valence-corrected chi connectivity index (χ0v) is 12.5. The molecule has 0 N–H and O–H groups in total. The molecule has 0 radical (unpaired) electrons. The third-order valence-electron chi connectivity index (χ3n) is 3.37. The normalized spacial score (nSPS) is 26.4. The summed E-state index contributed by atoms with van der Waals surface area (Å²) in [6.45, 7) is -2.72. The van der Waals surface area contributed by atoms with Gasteiger partial charge in [0.25, 0.3) is 0 Å². The Bertz CT molecular complexity index is 620. The Kier molecular flexibility index (Phi) is 3.84. The standard InChI is InChI=1S/C15H15ClNO2P/c16-20(18)17(14-9-5-2-6-10-14)12-11-15(19-20)13-7-3-1-4-8-13/h1-10,15H,11-12H2. The molecule has 2 aromatic carbocycles. The van der Waals surface area contributed by atoms with Gasteiger partial charge in [0.2, 0.25) is 0 Å². The molecule has 1 aliphatic heterocycles. The summed E-state index contributed by atoms with van der Waals surface area (Å²) in [5.74, 6) is 0. The van der Waals surface area contributed by atoms with Crippen LogP contribution >= 0.6 is 18.1 Å². The number of halogens is 1. The molecule has 5 heteroatoms. The molecule has 2 aromatic rings. The van der Waals surface area contributed by atoms with Gasteiger partial charge in [0.15, 0.2) is 0 Å². The van der Waals surface area contributed by atoms with Gasteiger partial charge in [0.05, 0.1) is 6.10 Å². The van der Waals surface area contributed by atoms with Crippen molar-refractivity contribution >= 4 is 23.8 Å².